The molecule has 1 aliphatic heterocycles. The summed E-state index contributed by atoms with van der Waals surface area (Å²) in [6.45, 7) is 8.49. The first-order chi connectivity index (χ1) is 13.9. The van der Waals surface area contributed by atoms with Gasteiger partial charge in [-0.25, -0.2) is 0 Å². The first-order valence-electron chi connectivity index (χ1n) is 10.4. The molecule has 0 radical (unpaired) electrons. The summed E-state index contributed by atoms with van der Waals surface area (Å²) in [5, 5.41) is 7.00. The van der Waals surface area contributed by atoms with Crippen LogP contribution in [0.25, 0.3) is 0 Å². The molecular weight excluding hydrogens is 401 g/mol. The van der Waals surface area contributed by atoms with E-state index in [-0.39, 0.29) is 31.5 Å². The monoisotopic (exact) mass is 434 g/mol. The standard InChI is InChI=1S/C21H33F3N2O4/c1-19(2,14-29-18-8-5-6-11-28-18)16-12-15(30-26-16)13-17(27)20(3,4)25-10-7-9-21(22,23)24/h12,18,25H,5-11,13-14H2,1-4H3. The number of ketones is 1. The van der Waals surface area contributed by atoms with Crippen LogP contribution in [0.3, 0.4) is 0 Å². The molecule has 1 unspecified atom stereocenters. The molecule has 0 saturated carbocycles. The molecule has 9 heteroatoms. The number of rotatable bonds is 11. The second-order valence-corrected chi connectivity index (χ2v) is 9.04. The van der Waals surface area contributed by atoms with Crippen molar-refractivity contribution >= 4 is 5.78 Å². The van der Waals surface area contributed by atoms with Crippen LogP contribution in [0.2, 0.25) is 0 Å². The number of hydrogen-bond acceptors (Lipinski definition) is 6. The van der Waals surface area contributed by atoms with E-state index >= 15 is 0 Å². The first-order valence-corrected chi connectivity index (χ1v) is 10.4. The number of ether oxygens (including phenoxy) is 2. The van der Waals surface area contributed by atoms with Crippen molar-refractivity contribution in [2.45, 2.75) is 89.6 Å². The number of halogens is 3. The summed E-state index contributed by atoms with van der Waals surface area (Å²) >= 11 is 0. The molecular formula is C21H33F3N2O4. The van der Waals surface area contributed by atoms with Gasteiger partial charge in [-0.3, -0.25) is 4.79 Å². The van der Waals surface area contributed by atoms with Crippen molar-refractivity contribution in [3.05, 3.63) is 17.5 Å². The lowest BCUT2D eigenvalue weighted by molar-refractivity contribution is -0.170. The van der Waals surface area contributed by atoms with E-state index < -0.39 is 23.6 Å². The topological polar surface area (TPSA) is 73.6 Å². The van der Waals surface area contributed by atoms with Crippen LogP contribution in [0.1, 0.15) is 71.3 Å². The predicted molar refractivity (Wildman–Crippen MR) is 105 cm³/mol. The number of nitrogens with one attached hydrogen (secondary N) is 1. The Morgan fingerprint density at radius 3 is 2.63 bits per heavy atom. The van der Waals surface area contributed by atoms with E-state index in [1.165, 1.54) is 0 Å². The number of Topliss-reactive ketones (excluding diaryl/α,β-unsaturated/α-hetero) is 1. The average Bonchev–Trinajstić information content (AvgIpc) is 3.13. The van der Waals surface area contributed by atoms with Crippen LogP contribution in [0.5, 0.6) is 0 Å². The average molecular weight is 434 g/mol. The van der Waals surface area contributed by atoms with Gasteiger partial charge in [0.1, 0.15) is 5.76 Å². The number of alkyl halides is 3. The van der Waals surface area contributed by atoms with Crippen molar-refractivity contribution in [3.8, 4) is 0 Å². The van der Waals surface area contributed by atoms with Crippen molar-refractivity contribution in [3.63, 3.8) is 0 Å². The fourth-order valence-electron chi connectivity index (χ4n) is 3.10. The fraction of sp³-hybridized carbons (Fsp3) is 0.810. The highest BCUT2D eigenvalue weighted by Crippen LogP contribution is 2.26. The van der Waals surface area contributed by atoms with Gasteiger partial charge in [-0.1, -0.05) is 19.0 Å². The fourth-order valence-corrected chi connectivity index (χ4v) is 3.10. The summed E-state index contributed by atoms with van der Waals surface area (Å²) in [5.41, 5.74) is -0.705. The van der Waals surface area contributed by atoms with Gasteiger partial charge in [0.25, 0.3) is 0 Å². The molecule has 2 rings (SSSR count). The Morgan fingerprint density at radius 1 is 1.27 bits per heavy atom. The molecule has 0 spiro atoms. The van der Waals surface area contributed by atoms with Crippen LogP contribution in [0.15, 0.2) is 10.6 Å². The minimum absolute atomic E-state index is 0.00887. The third kappa shape index (κ3) is 8.00. The maximum atomic E-state index is 12.6. The second kappa shape index (κ2) is 10.2. The molecule has 172 valence electrons. The molecule has 0 aliphatic carbocycles. The number of carbonyl (C=O) groups excluding carboxylic acids is 1. The Bertz CT molecular complexity index is 680. The van der Waals surface area contributed by atoms with Crippen LogP contribution >= 0.6 is 0 Å². The van der Waals surface area contributed by atoms with Gasteiger partial charge in [0.2, 0.25) is 0 Å². The van der Waals surface area contributed by atoms with Crippen molar-refractivity contribution in [2.75, 3.05) is 19.8 Å². The summed E-state index contributed by atoms with van der Waals surface area (Å²) in [6, 6.07) is 1.74. The SMILES string of the molecule is CC(C)(NCCCC(F)(F)F)C(=O)Cc1cc(C(C)(C)COC2CCCCO2)no1. The number of carbonyl (C=O) groups is 1. The smallest absolute Gasteiger partial charge is 0.361 e. The van der Waals surface area contributed by atoms with Crippen molar-refractivity contribution < 1.29 is 32.0 Å². The zero-order chi connectivity index (χ0) is 22.4. The number of aromatic nitrogens is 1. The summed E-state index contributed by atoms with van der Waals surface area (Å²) < 4.78 is 53.5. The lowest BCUT2D eigenvalue weighted by atomic mass is 9.89. The molecule has 1 aromatic heterocycles. The molecule has 6 nitrogen and oxygen atoms in total. The van der Waals surface area contributed by atoms with Crippen molar-refractivity contribution in [1.82, 2.24) is 10.5 Å². The molecule has 1 aromatic rings. The number of nitrogens with zero attached hydrogens (tertiary/aromatic N) is 1. The van der Waals surface area contributed by atoms with E-state index in [9.17, 15) is 18.0 Å². The Balaban J connectivity index is 1.84. The molecule has 0 bridgehead atoms. The van der Waals surface area contributed by atoms with Gasteiger partial charge in [0, 0.05) is 24.5 Å². The Hall–Kier alpha value is -1.45. The van der Waals surface area contributed by atoms with Crippen molar-refractivity contribution in [2.24, 2.45) is 0 Å². The lowest BCUT2D eigenvalue weighted by Crippen LogP contribution is -2.48. The highest BCUT2D eigenvalue weighted by molar-refractivity contribution is 5.89. The summed E-state index contributed by atoms with van der Waals surface area (Å²) in [7, 11) is 0. The van der Waals surface area contributed by atoms with Crippen LogP contribution in [0, 0.1) is 0 Å². The number of hydrogen-bond donors (Lipinski definition) is 1. The van der Waals surface area contributed by atoms with Gasteiger partial charge in [-0.05, 0) is 46.1 Å². The Morgan fingerprint density at radius 2 is 2.00 bits per heavy atom. The molecule has 1 N–H and O–H groups in total. The third-order valence-corrected chi connectivity index (χ3v) is 5.26. The summed E-state index contributed by atoms with van der Waals surface area (Å²) in [5.74, 6) is 0.240. The van der Waals surface area contributed by atoms with E-state index in [0.29, 0.717) is 24.7 Å². The van der Waals surface area contributed by atoms with Gasteiger partial charge in [0.05, 0.1) is 24.3 Å². The minimum atomic E-state index is -4.19. The zero-order valence-electron chi connectivity index (χ0n) is 18.2. The van der Waals surface area contributed by atoms with Crippen LogP contribution < -0.4 is 5.32 Å². The molecule has 1 saturated heterocycles. The molecule has 0 amide bonds. The molecule has 1 aliphatic rings. The predicted octanol–water partition coefficient (Wildman–Crippen LogP) is 4.32. The quantitative estimate of drug-likeness (QED) is 0.523. The molecule has 30 heavy (non-hydrogen) atoms. The summed E-state index contributed by atoms with van der Waals surface area (Å²) in [4.78, 5) is 12.6. The van der Waals surface area contributed by atoms with Gasteiger partial charge >= 0.3 is 6.18 Å². The molecule has 1 atom stereocenters. The summed E-state index contributed by atoms with van der Waals surface area (Å²) in [6.07, 6.45) is -2.32. The third-order valence-electron chi connectivity index (χ3n) is 5.26. The lowest BCUT2D eigenvalue weighted by Gasteiger charge is -2.28. The van der Waals surface area contributed by atoms with Crippen molar-refractivity contribution in [1.29, 1.82) is 0 Å². The van der Waals surface area contributed by atoms with Gasteiger partial charge < -0.3 is 19.3 Å². The van der Waals surface area contributed by atoms with Crippen LogP contribution in [-0.4, -0.2) is 48.7 Å². The molecule has 1 fully saturated rings. The molecule has 0 aromatic carbocycles. The Labute approximate surface area is 175 Å². The van der Waals surface area contributed by atoms with E-state index in [4.69, 9.17) is 14.0 Å². The largest absolute Gasteiger partial charge is 0.389 e. The van der Waals surface area contributed by atoms with E-state index in [0.717, 1.165) is 19.3 Å². The van der Waals surface area contributed by atoms with E-state index in [1.807, 2.05) is 13.8 Å². The molecule has 2 heterocycles. The second-order valence-electron chi connectivity index (χ2n) is 9.04. The highest BCUT2D eigenvalue weighted by Gasteiger charge is 2.32. The van der Waals surface area contributed by atoms with Crippen LogP contribution in [-0.2, 0) is 26.1 Å². The normalized spacial score (nSPS) is 18.6. The Kier molecular flexibility index (Phi) is 8.47. The van der Waals surface area contributed by atoms with Crippen LogP contribution in [0.4, 0.5) is 13.2 Å². The van der Waals surface area contributed by atoms with E-state index in [2.05, 4.69) is 10.5 Å². The maximum absolute atomic E-state index is 12.6. The first kappa shape index (κ1) is 24.8. The maximum Gasteiger partial charge on any atom is 0.389 e. The zero-order valence-corrected chi connectivity index (χ0v) is 18.2. The van der Waals surface area contributed by atoms with Gasteiger partial charge in [0.15, 0.2) is 12.1 Å². The minimum Gasteiger partial charge on any atom is -0.361 e. The van der Waals surface area contributed by atoms with E-state index in [1.54, 1.807) is 19.9 Å². The highest BCUT2D eigenvalue weighted by atomic mass is 19.4. The van der Waals surface area contributed by atoms with Gasteiger partial charge in [-0.2, -0.15) is 13.2 Å². The van der Waals surface area contributed by atoms with Gasteiger partial charge in [-0.15, -0.1) is 0 Å².